The molecule has 0 aliphatic rings. The van der Waals surface area contributed by atoms with E-state index in [0.717, 1.165) is 19.4 Å². The van der Waals surface area contributed by atoms with Crippen LogP contribution in [0.25, 0.3) is 0 Å². The topological polar surface area (TPSA) is 52.5 Å². The van der Waals surface area contributed by atoms with Crippen LogP contribution in [0.3, 0.4) is 0 Å². The predicted molar refractivity (Wildman–Crippen MR) is 106 cm³/mol. The summed E-state index contributed by atoms with van der Waals surface area (Å²) in [5.41, 5.74) is 0. The first-order valence-electron chi connectivity index (χ1n) is 10.8. The maximum atomic E-state index is 8.71. The molecule has 146 valence electrons. The van der Waals surface area contributed by atoms with Crippen molar-refractivity contribution in [3.05, 3.63) is 0 Å². The van der Waals surface area contributed by atoms with Crippen molar-refractivity contribution < 1.29 is 10.2 Å². The minimum absolute atomic E-state index is 0.351. The van der Waals surface area contributed by atoms with Gasteiger partial charge in [0, 0.05) is 13.2 Å². The maximum Gasteiger partial charge on any atom is 0.0431 e. The standard InChI is InChI=1S/C21H45NO2/c23-20-16-12-8-6-4-2-1-3-5-7-10-14-18-22-19-15-11-9-13-17-21-24/h22-24H,1-21H2. The first-order chi connectivity index (χ1) is 11.9. The number of nitrogens with one attached hydrogen (secondary N) is 1. The van der Waals surface area contributed by atoms with Crippen molar-refractivity contribution in [2.24, 2.45) is 0 Å². The Morgan fingerprint density at radius 3 is 0.875 bits per heavy atom. The van der Waals surface area contributed by atoms with Gasteiger partial charge >= 0.3 is 0 Å². The fraction of sp³-hybridized carbons (Fsp3) is 1.00. The molecule has 0 spiro atoms. The largest absolute Gasteiger partial charge is 0.396 e. The Morgan fingerprint density at radius 2 is 0.583 bits per heavy atom. The quantitative estimate of drug-likeness (QED) is 0.251. The van der Waals surface area contributed by atoms with Crippen molar-refractivity contribution in [1.82, 2.24) is 5.32 Å². The van der Waals surface area contributed by atoms with Crippen molar-refractivity contribution in [3.63, 3.8) is 0 Å². The predicted octanol–water partition coefficient (Wildman–Crippen LogP) is 5.19. The zero-order chi connectivity index (χ0) is 17.6. The minimum atomic E-state index is 0.351. The summed E-state index contributed by atoms with van der Waals surface area (Å²) in [5, 5.41) is 21.0. The number of unbranched alkanes of at least 4 members (excludes halogenated alkanes) is 15. The Labute approximate surface area is 151 Å². The molecule has 0 amide bonds. The lowest BCUT2D eigenvalue weighted by atomic mass is 10.1. The van der Waals surface area contributed by atoms with Crippen LogP contribution in [0, 0.1) is 0 Å². The number of aliphatic hydroxyl groups is 2. The average molecular weight is 344 g/mol. The highest BCUT2D eigenvalue weighted by atomic mass is 16.3. The molecule has 3 nitrogen and oxygen atoms in total. The lowest BCUT2D eigenvalue weighted by molar-refractivity contribution is 0.282. The molecule has 0 saturated carbocycles. The van der Waals surface area contributed by atoms with Crippen molar-refractivity contribution in [3.8, 4) is 0 Å². The molecule has 0 bridgehead atoms. The van der Waals surface area contributed by atoms with Gasteiger partial charge in [-0.15, -0.1) is 0 Å². The monoisotopic (exact) mass is 343 g/mol. The van der Waals surface area contributed by atoms with E-state index in [9.17, 15) is 0 Å². The Bertz CT molecular complexity index is 190. The zero-order valence-corrected chi connectivity index (χ0v) is 16.2. The number of aliphatic hydroxyl groups excluding tert-OH is 2. The van der Waals surface area contributed by atoms with E-state index in [1.807, 2.05) is 0 Å². The van der Waals surface area contributed by atoms with Crippen molar-refractivity contribution in [2.75, 3.05) is 26.3 Å². The zero-order valence-electron chi connectivity index (χ0n) is 16.2. The van der Waals surface area contributed by atoms with Gasteiger partial charge in [-0.05, 0) is 38.8 Å². The Morgan fingerprint density at radius 1 is 0.333 bits per heavy atom. The van der Waals surface area contributed by atoms with E-state index in [0.29, 0.717) is 13.2 Å². The van der Waals surface area contributed by atoms with Crippen LogP contribution < -0.4 is 5.32 Å². The van der Waals surface area contributed by atoms with Crippen molar-refractivity contribution in [2.45, 2.75) is 109 Å². The van der Waals surface area contributed by atoms with Crippen LogP contribution in [0.5, 0.6) is 0 Å². The molecule has 3 heteroatoms. The molecule has 0 atom stereocenters. The van der Waals surface area contributed by atoms with E-state index in [4.69, 9.17) is 10.2 Å². The van der Waals surface area contributed by atoms with E-state index in [2.05, 4.69) is 5.32 Å². The third-order valence-corrected chi connectivity index (χ3v) is 4.77. The van der Waals surface area contributed by atoms with Crippen LogP contribution in [0.2, 0.25) is 0 Å². The number of hydrogen-bond acceptors (Lipinski definition) is 3. The number of hydrogen-bond donors (Lipinski definition) is 3. The molecule has 0 fully saturated rings. The summed E-state index contributed by atoms with van der Waals surface area (Å²) < 4.78 is 0. The number of rotatable bonds is 21. The molecule has 0 radical (unpaired) electrons. The Balaban J connectivity index is 2.93. The van der Waals surface area contributed by atoms with E-state index < -0.39 is 0 Å². The summed E-state index contributed by atoms with van der Waals surface area (Å²) >= 11 is 0. The fourth-order valence-electron chi connectivity index (χ4n) is 3.15. The van der Waals surface area contributed by atoms with Gasteiger partial charge in [0.1, 0.15) is 0 Å². The van der Waals surface area contributed by atoms with Gasteiger partial charge in [0.25, 0.3) is 0 Å². The van der Waals surface area contributed by atoms with Crippen molar-refractivity contribution in [1.29, 1.82) is 0 Å². The second-order valence-corrected chi connectivity index (χ2v) is 7.21. The van der Waals surface area contributed by atoms with Gasteiger partial charge in [-0.25, -0.2) is 0 Å². The van der Waals surface area contributed by atoms with Gasteiger partial charge < -0.3 is 15.5 Å². The van der Waals surface area contributed by atoms with Crippen LogP contribution in [0.4, 0.5) is 0 Å². The van der Waals surface area contributed by atoms with Crippen LogP contribution in [-0.4, -0.2) is 36.5 Å². The third kappa shape index (κ3) is 21.9. The van der Waals surface area contributed by atoms with Crippen LogP contribution in [-0.2, 0) is 0 Å². The molecule has 0 heterocycles. The van der Waals surface area contributed by atoms with E-state index in [1.165, 1.54) is 103 Å². The van der Waals surface area contributed by atoms with Gasteiger partial charge in [-0.1, -0.05) is 83.5 Å². The molecule has 0 aliphatic carbocycles. The highest BCUT2D eigenvalue weighted by molar-refractivity contribution is 4.52. The SMILES string of the molecule is OCCCCCCCCCCCCCCNCCCCCCCO. The van der Waals surface area contributed by atoms with Crippen molar-refractivity contribution >= 4 is 0 Å². The molecule has 0 aromatic rings. The first kappa shape index (κ1) is 23.9. The van der Waals surface area contributed by atoms with Crippen LogP contribution >= 0.6 is 0 Å². The van der Waals surface area contributed by atoms with Gasteiger partial charge in [-0.3, -0.25) is 0 Å². The van der Waals surface area contributed by atoms with Gasteiger partial charge in [0.2, 0.25) is 0 Å². The van der Waals surface area contributed by atoms with Gasteiger partial charge in [-0.2, -0.15) is 0 Å². The fourth-order valence-corrected chi connectivity index (χ4v) is 3.15. The van der Waals surface area contributed by atoms with Gasteiger partial charge in [0.05, 0.1) is 0 Å². The molecule has 24 heavy (non-hydrogen) atoms. The summed E-state index contributed by atoms with van der Waals surface area (Å²) in [6.45, 7) is 3.06. The molecular formula is C21H45NO2. The molecular weight excluding hydrogens is 298 g/mol. The summed E-state index contributed by atoms with van der Waals surface area (Å²) in [6, 6.07) is 0. The first-order valence-corrected chi connectivity index (χ1v) is 10.8. The highest BCUT2D eigenvalue weighted by Crippen LogP contribution is 2.11. The highest BCUT2D eigenvalue weighted by Gasteiger charge is 1.94. The summed E-state index contributed by atoms with van der Waals surface area (Å²) in [6.07, 6.45) is 22.0. The Hall–Kier alpha value is -0.120. The van der Waals surface area contributed by atoms with E-state index in [-0.39, 0.29) is 0 Å². The molecule has 0 rings (SSSR count). The summed E-state index contributed by atoms with van der Waals surface area (Å²) in [7, 11) is 0. The minimum Gasteiger partial charge on any atom is -0.396 e. The summed E-state index contributed by atoms with van der Waals surface area (Å²) in [5.74, 6) is 0. The van der Waals surface area contributed by atoms with Crippen LogP contribution in [0.1, 0.15) is 109 Å². The molecule has 0 aromatic carbocycles. The average Bonchev–Trinajstić information content (AvgIpc) is 2.60. The normalized spacial score (nSPS) is 11.2. The lowest BCUT2D eigenvalue weighted by Crippen LogP contribution is -2.16. The molecule has 0 unspecified atom stereocenters. The Kier molecular flexibility index (Phi) is 22.8. The molecule has 0 aromatic heterocycles. The van der Waals surface area contributed by atoms with E-state index in [1.54, 1.807) is 0 Å². The van der Waals surface area contributed by atoms with Gasteiger partial charge in [0.15, 0.2) is 0 Å². The summed E-state index contributed by atoms with van der Waals surface area (Å²) in [4.78, 5) is 0. The smallest absolute Gasteiger partial charge is 0.0431 e. The lowest BCUT2D eigenvalue weighted by Gasteiger charge is -2.05. The maximum absolute atomic E-state index is 8.71. The molecule has 0 saturated heterocycles. The van der Waals surface area contributed by atoms with E-state index >= 15 is 0 Å². The third-order valence-electron chi connectivity index (χ3n) is 4.77. The second-order valence-electron chi connectivity index (χ2n) is 7.21. The molecule has 0 aliphatic heterocycles. The second kappa shape index (κ2) is 22.9. The molecule has 3 N–H and O–H groups in total. The van der Waals surface area contributed by atoms with Crippen LogP contribution in [0.15, 0.2) is 0 Å².